The standard InChI is InChI=1S/C9H14ClN3O2/c1-6(5-14)3-11-7-4-12-13(2)9(15)8(7)10/h4,6,11,14H,3,5H2,1-2H3. The van der Waals surface area contributed by atoms with Gasteiger partial charge < -0.3 is 10.4 Å². The molecule has 0 aliphatic carbocycles. The molecule has 0 saturated heterocycles. The largest absolute Gasteiger partial charge is 0.396 e. The van der Waals surface area contributed by atoms with E-state index in [4.69, 9.17) is 16.7 Å². The Morgan fingerprint density at radius 1 is 1.73 bits per heavy atom. The predicted molar refractivity (Wildman–Crippen MR) is 59.2 cm³/mol. The molecular formula is C9H14ClN3O2. The Morgan fingerprint density at radius 2 is 2.40 bits per heavy atom. The summed E-state index contributed by atoms with van der Waals surface area (Å²) in [6.07, 6.45) is 1.49. The number of hydrogen-bond acceptors (Lipinski definition) is 4. The first kappa shape index (κ1) is 12.0. The Morgan fingerprint density at radius 3 is 3.00 bits per heavy atom. The SMILES string of the molecule is CC(CO)CNc1cnn(C)c(=O)c1Cl. The van der Waals surface area contributed by atoms with Crippen molar-refractivity contribution in [3.8, 4) is 0 Å². The quantitative estimate of drug-likeness (QED) is 0.791. The molecule has 1 aromatic rings. The van der Waals surface area contributed by atoms with Gasteiger partial charge in [0.05, 0.1) is 11.9 Å². The van der Waals surface area contributed by atoms with Crippen LogP contribution in [0.2, 0.25) is 5.02 Å². The first-order valence-corrected chi connectivity index (χ1v) is 5.00. The first-order chi connectivity index (χ1) is 7.06. The number of rotatable bonds is 4. The van der Waals surface area contributed by atoms with Crippen LogP contribution in [0.3, 0.4) is 0 Å². The number of anilines is 1. The van der Waals surface area contributed by atoms with E-state index in [1.54, 1.807) is 0 Å². The number of nitrogens with zero attached hydrogens (tertiary/aromatic N) is 2. The highest BCUT2D eigenvalue weighted by Gasteiger charge is 2.07. The highest BCUT2D eigenvalue weighted by atomic mass is 35.5. The molecule has 0 amide bonds. The minimum atomic E-state index is -0.335. The molecule has 5 nitrogen and oxygen atoms in total. The minimum absolute atomic E-state index is 0.0862. The Bertz CT molecular complexity index is 391. The Balaban J connectivity index is 2.79. The van der Waals surface area contributed by atoms with E-state index in [-0.39, 0.29) is 23.1 Å². The van der Waals surface area contributed by atoms with Crippen molar-refractivity contribution < 1.29 is 5.11 Å². The second kappa shape index (κ2) is 5.14. The molecule has 0 radical (unpaired) electrons. The third-order valence-corrected chi connectivity index (χ3v) is 2.40. The zero-order chi connectivity index (χ0) is 11.4. The number of aliphatic hydroxyl groups excluding tert-OH is 1. The monoisotopic (exact) mass is 231 g/mol. The smallest absolute Gasteiger partial charge is 0.287 e. The summed E-state index contributed by atoms with van der Waals surface area (Å²) in [5.41, 5.74) is 0.165. The van der Waals surface area contributed by atoms with Crippen LogP contribution in [0.5, 0.6) is 0 Å². The van der Waals surface area contributed by atoms with Crippen molar-refractivity contribution in [2.75, 3.05) is 18.5 Å². The van der Waals surface area contributed by atoms with E-state index in [1.165, 1.54) is 17.9 Å². The molecule has 84 valence electrons. The maximum atomic E-state index is 11.4. The van der Waals surface area contributed by atoms with Crippen LogP contribution in [-0.2, 0) is 7.05 Å². The van der Waals surface area contributed by atoms with Crippen molar-refractivity contribution in [1.29, 1.82) is 0 Å². The molecule has 0 aromatic carbocycles. The van der Waals surface area contributed by atoms with E-state index in [0.29, 0.717) is 12.2 Å². The van der Waals surface area contributed by atoms with E-state index >= 15 is 0 Å². The van der Waals surface area contributed by atoms with E-state index in [9.17, 15) is 4.79 Å². The summed E-state index contributed by atoms with van der Waals surface area (Å²) in [6, 6.07) is 0. The fourth-order valence-corrected chi connectivity index (χ4v) is 1.22. The summed E-state index contributed by atoms with van der Waals surface area (Å²) in [5, 5.41) is 15.8. The Kier molecular flexibility index (Phi) is 4.11. The van der Waals surface area contributed by atoms with E-state index < -0.39 is 0 Å². The molecule has 0 saturated carbocycles. The third-order valence-electron chi connectivity index (χ3n) is 2.03. The molecule has 15 heavy (non-hydrogen) atoms. The zero-order valence-corrected chi connectivity index (χ0v) is 9.45. The molecule has 0 aliphatic rings. The van der Waals surface area contributed by atoms with Gasteiger partial charge in [-0.25, -0.2) is 4.68 Å². The van der Waals surface area contributed by atoms with Crippen molar-refractivity contribution in [1.82, 2.24) is 9.78 Å². The number of halogens is 1. The molecule has 1 aromatic heterocycles. The van der Waals surface area contributed by atoms with Crippen LogP contribution < -0.4 is 10.9 Å². The van der Waals surface area contributed by atoms with Gasteiger partial charge in [0, 0.05) is 20.2 Å². The van der Waals surface area contributed by atoms with Gasteiger partial charge in [-0.3, -0.25) is 4.79 Å². The third kappa shape index (κ3) is 2.94. The highest BCUT2D eigenvalue weighted by molar-refractivity contribution is 6.32. The molecule has 1 atom stereocenters. The van der Waals surface area contributed by atoms with Gasteiger partial charge in [0.15, 0.2) is 0 Å². The minimum Gasteiger partial charge on any atom is -0.396 e. The lowest BCUT2D eigenvalue weighted by molar-refractivity contribution is 0.244. The van der Waals surface area contributed by atoms with Gasteiger partial charge in [-0.15, -0.1) is 0 Å². The van der Waals surface area contributed by atoms with Gasteiger partial charge in [0.1, 0.15) is 5.02 Å². The van der Waals surface area contributed by atoms with Crippen LogP contribution in [0.25, 0.3) is 0 Å². The van der Waals surface area contributed by atoms with Crippen molar-refractivity contribution in [3.05, 3.63) is 21.6 Å². The molecule has 1 rings (SSSR count). The maximum Gasteiger partial charge on any atom is 0.287 e. The summed E-state index contributed by atoms with van der Waals surface area (Å²) < 4.78 is 1.17. The van der Waals surface area contributed by atoms with E-state index in [2.05, 4.69) is 10.4 Å². The van der Waals surface area contributed by atoms with Crippen LogP contribution in [0.1, 0.15) is 6.92 Å². The van der Waals surface area contributed by atoms with Crippen molar-refractivity contribution in [3.63, 3.8) is 0 Å². The molecule has 0 fully saturated rings. The Labute approximate surface area is 92.7 Å². The van der Waals surface area contributed by atoms with Crippen LogP contribution in [-0.4, -0.2) is 28.0 Å². The van der Waals surface area contributed by atoms with Crippen molar-refractivity contribution >= 4 is 17.3 Å². The summed E-state index contributed by atoms with van der Waals surface area (Å²) in [4.78, 5) is 11.4. The normalized spacial score (nSPS) is 12.5. The zero-order valence-electron chi connectivity index (χ0n) is 8.70. The topological polar surface area (TPSA) is 67.2 Å². The van der Waals surface area contributed by atoms with Gasteiger partial charge in [0.2, 0.25) is 0 Å². The van der Waals surface area contributed by atoms with Gasteiger partial charge in [-0.1, -0.05) is 18.5 Å². The van der Waals surface area contributed by atoms with Crippen LogP contribution in [0, 0.1) is 5.92 Å². The second-order valence-electron chi connectivity index (χ2n) is 3.47. The molecule has 1 heterocycles. The van der Waals surface area contributed by atoms with Crippen LogP contribution >= 0.6 is 11.6 Å². The van der Waals surface area contributed by atoms with Gasteiger partial charge in [-0.2, -0.15) is 5.10 Å². The lowest BCUT2D eigenvalue weighted by atomic mass is 10.2. The number of nitrogens with one attached hydrogen (secondary N) is 1. The Hall–Kier alpha value is -1.07. The number of aromatic nitrogens is 2. The lowest BCUT2D eigenvalue weighted by Gasteiger charge is -2.11. The summed E-state index contributed by atoms with van der Waals surface area (Å²) >= 11 is 5.83. The van der Waals surface area contributed by atoms with Crippen LogP contribution in [0.15, 0.2) is 11.0 Å². The molecule has 0 bridgehead atoms. The average Bonchev–Trinajstić information content (AvgIpc) is 2.24. The maximum absolute atomic E-state index is 11.4. The second-order valence-corrected chi connectivity index (χ2v) is 3.85. The molecule has 0 spiro atoms. The number of hydrogen-bond donors (Lipinski definition) is 2. The van der Waals surface area contributed by atoms with Crippen molar-refractivity contribution in [2.24, 2.45) is 13.0 Å². The summed E-state index contributed by atoms with van der Waals surface area (Å²) in [7, 11) is 1.54. The molecule has 2 N–H and O–H groups in total. The molecule has 6 heteroatoms. The molecule has 0 aliphatic heterocycles. The number of aryl methyl sites for hydroxylation is 1. The van der Waals surface area contributed by atoms with E-state index in [1.807, 2.05) is 6.92 Å². The van der Waals surface area contributed by atoms with Crippen molar-refractivity contribution in [2.45, 2.75) is 6.92 Å². The predicted octanol–water partition coefficient (Wildman–Crippen LogP) is 0.474. The fraction of sp³-hybridized carbons (Fsp3) is 0.556. The average molecular weight is 232 g/mol. The lowest BCUT2D eigenvalue weighted by Crippen LogP contribution is -2.22. The van der Waals surface area contributed by atoms with Crippen LogP contribution in [0.4, 0.5) is 5.69 Å². The number of aliphatic hydroxyl groups is 1. The summed E-state index contributed by atoms with van der Waals surface area (Å²) in [5.74, 6) is 0.102. The fourth-order valence-electron chi connectivity index (χ4n) is 0.983. The van der Waals surface area contributed by atoms with Gasteiger partial charge in [-0.05, 0) is 5.92 Å². The first-order valence-electron chi connectivity index (χ1n) is 4.62. The van der Waals surface area contributed by atoms with E-state index in [0.717, 1.165) is 0 Å². The molecule has 1 unspecified atom stereocenters. The molecular weight excluding hydrogens is 218 g/mol. The summed E-state index contributed by atoms with van der Waals surface area (Å²) in [6.45, 7) is 2.52. The van der Waals surface area contributed by atoms with Gasteiger partial charge >= 0.3 is 0 Å². The highest BCUT2D eigenvalue weighted by Crippen LogP contribution is 2.15. The van der Waals surface area contributed by atoms with Gasteiger partial charge in [0.25, 0.3) is 5.56 Å².